The fourth-order valence-corrected chi connectivity index (χ4v) is 2.55. The predicted molar refractivity (Wildman–Crippen MR) is 72.0 cm³/mol. The predicted octanol–water partition coefficient (Wildman–Crippen LogP) is 0.370. The van der Waals surface area contributed by atoms with E-state index in [1.54, 1.807) is 13.0 Å². The fraction of sp³-hybridized carbons (Fsp3) is 0.538. The molecule has 1 fully saturated rings. The lowest BCUT2D eigenvalue weighted by Gasteiger charge is -2.27. The molecule has 1 heterocycles. The molecule has 2 unspecified atom stereocenters. The van der Waals surface area contributed by atoms with Crippen LogP contribution in [0.4, 0.5) is 0 Å². The molecule has 0 bridgehead atoms. The van der Waals surface area contributed by atoms with Gasteiger partial charge in [0.2, 0.25) is 5.91 Å². The van der Waals surface area contributed by atoms with Gasteiger partial charge in [0.15, 0.2) is 5.69 Å². The van der Waals surface area contributed by atoms with Gasteiger partial charge in [0.05, 0.1) is 11.8 Å². The maximum absolute atomic E-state index is 12.0. The largest absolute Gasteiger partial charge is 0.481 e. The van der Waals surface area contributed by atoms with E-state index in [-0.39, 0.29) is 5.69 Å². The molecular formula is C13H18N4O4. The van der Waals surface area contributed by atoms with Crippen molar-refractivity contribution in [2.75, 3.05) is 0 Å². The first-order valence-corrected chi connectivity index (χ1v) is 6.84. The average Bonchev–Trinajstić information content (AvgIpc) is 2.91. The number of carbonyl (C=O) groups excluding carboxylic acids is 2. The molecular weight excluding hydrogens is 276 g/mol. The molecule has 8 nitrogen and oxygen atoms in total. The van der Waals surface area contributed by atoms with Gasteiger partial charge in [-0.3, -0.25) is 30.3 Å². The molecule has 0 spiro atoms. The second-order valence-electron chi connectivity index (χ2n) is 5.22. The van der Waals surface area contributed by atoms with Gasteiger partial charge in [-0.25, -0.2) is 0 Å². The van der Waals surface area contributed by atoms with Crippen molar-refractivity contribution in [2.24, 2.45) is 11.8 Å². The van der Waals surface area contributed by atoms with E-state index in [0.717, 1.165) is 18.5 Å². The number of hydrazine groups is 1. The lowest BCUT2D eigenvalue weighted by Crippen LogP contribution is -2.48. The highest BCUT2D eigenvalue weighted by Crippen LogP contribution is 2.30. The number of aliphatic carboxylic acids is 1. The minimum Gasteiger partial charge on any atom is -0.481 e. The van der Waals surface area contributed by atoms with E-state index in [4.69, 9.17) is 5.11 Å². The zero-order valence-electron chi connectivity index (χ0n) is 11.7. The van der Waals surface area contributed by atoms with Gasteiger partial charge in [-0.1, -0.05) is 12.8 Å². The minimum atomic E-state index is -0.968. The molecule has 21 heavy (non-hydrogen) atoms. The Kier molecular flexibility index (Phi) is 4.56. The summed E-state index contributed by atoms with van der Waals surface area (Å²) in [6.45, 7) is 1.75. The van der Waals surface area contributed by atoms with Gasteiger partial charge in [-0.2, -0.15) is 5.10 Å². The Labute approximate surface area is 121 Å². The third-order valence-corrected chi connectivity index (χ3v) is 3.66. The molecule has 2 rings (SSSR count). The second-order valence-corrected chi connectivity index (χ2v) is 5.22. The first-order valence-electron chi connectivity index (χ1n) is 6.84. The lowest BCUT2D eigenvalue weighted by atomic mass is 9.79. The van der Waals surface area contributed by atoms with Crippen molar-refractivity contribution in [3.63, 3.8) is 0 Å². The highest BCUT2D eigenvalue weighted by atomic mass is 16.4. The number of aromatic nitrogens is 2. The Bertz CT molecular complexity index is 554. The third-order valence-electron chi connectivity index (χ3n) is 3.66. The van der Waals surface area contributed by atoms with Crippen LogP contribution >= 0.6 is 0 Å². The van der Waals surface area contributed by atoms with Gasteiger partial charge in [0.1, 0.15) is 0 Å². The Morgan fingerprint density at radius 3 is 2.48 bits per heavy atom. The molecule has 0 saturated heterocycles. The van der Waals surface area contributed by atoms with Crippen LogP contribution in [0.25, 0.3) is 0 Å². The summed E-state index contributed by atoms with van der Waals surface area (Å²) < 4.78 is 0. The molecule has 2 atom stereocenters. The number of H-pyrrole nitrogens is 1. The summed E-state index contributed by atoms with van der Waals surface area (Å²) in [6, 6.07) is 1.54. The van der Waals surface area contributed by atoms with Crippen molar-refractivity contribution < 1.29 is 19.5 Å². The molecule has 8 heteroatoms. The Morgan fingerprint density at radius 1 is 1.24 bits per heavy atom. The highest BCUT2D eigenvalue weighted by molar-refractivity contribution is 5.94. The summed E-state index contributed by atoms with van der Waals surface area (Å²) in [5.41, 5.74) is 5.43. The number of carboxylic acid groups (broad SMARTS) is 1. The molecule has 1 aromatic heterocycles. The molecule has 1 saturated carbocycles. The van der Waals surface area contributed by atoms with E-state index in [0.29, 0.717) is 12.8 Å². The van der Waals surface area contributed by atoms with Gasteiger partial charge >= 0.3 is 5.97 Å². The Morgan fingerprint density at radius 2 is 1.90 bits per heavy atom. The summed E-state index contributed by atoms with van der Waals surface area (Å²) in [7, 11) is 0. The molecule has 1 aliphatic rings. The summed E-state index contributed by atoms with van der Waals surface area (Å²) in [5, 5.41) is 15.5. The van der Waals surface area contributed by atoms with Crippen molar-refractivity contribution in [3.8, 4) is 0 Å². The van der Waals surface area contributed by atoms with Crippen LogP contribution in [0.5, 0.6) is 0 Å². The molecule has 1 aromatic rings. The zero-order chi connectivity index (χ0) is 15.4. The number of rotatable bonds is 3. The first kappa shape index (κ1) is 15.0. The zero-order valence-corrected chi connectivity index (χ0v) is 11.7. The second kappa shape index (κ2) is 6.38. The van der Waals surface area contributed by atoms with E-state index < -0.39 is 29.6 Å². The van der Waals surface area contributed by atoms with Crippen molar-refractivity contribution in [1.29, 1.82) is 0 Å². The SMILES string of the molecule is Cc1cc(C(=O)NNC(=O)C2CCCCC2C(=O)O)n[nH]1. The van der Waals surface area contributed by atoms with Gasteiger partial charge in [-0.15, -0.1) is 0 Å². The smallest absolute Gasteiger partial charge is 0.307 e. The summed E-state index contributed by atoms with van der Waals surface area (Å²) in [4.78, 5) is 34.9. The molecule has 0 aromatic carbocycles. The molecule has 2 amide bonds. The lowest BCUT2D eigenvalue weighted by molar-refractivity contribution is -0.149. The fourth-order valence-electron chi connectivity index (χ4n) is 2.55. The van der Waals surface area contributed by atoms with Gasteiger partial charge in [-0.05, 0) is 25.8 Å². The van der Waals surface area contributed by atoms with Crippen LogP contribution in [0.15, 0.2) is 6.07 Å². The first-order chi connectivity index (χ1) is 9.99. The van der Waals surface area contributed by atoms with Gasteiger partial charge in [0, 0.05) is 5.69 Å². The number of aryl methyl sites for hydroxylation is 1. The number of hydrogen-bond donors (Lipinski definition) is 4. The van der Waals surface area contributed by atoms with Crippen molar-refractivity contribution in [2.45, 2.75) is 32.6 Å². The number of carboxylic acids is 1. The number of amides is 2. The monoisotopic (exact) mass is 294 g/mol. The van der Waals surface area contributed by atoms with Crippen LogP contribution in [0, 0.1) is 18.8 Å². The van der Waals surface area contributed by atoms with E-state index >= 15 is 0 Å². The highest BCUT2D eigenvalue weighted by Gasteiger charge is 2.35. The number of nitrogens with one attached hydrogen (secondary N) is 3. The van der Waals surface area contributed by atoms with Crippen molar-refractivity contribution in [1.82, 2.24) is 21.0 Å². The maximum Gasteiger partial charge on any atom is 0.307 e. The number of carbonyl (C=O) groups is 3. The average molecular weight is 294 g/mol. The minimum absolute atomic E-state index is 0.159. The van der Waals surface area contributed by atoms with Gasteiger partial charge < -0.3 is 5.11 Å². The number of aromatic amines is 1. The van der Waals surface area contributed by atoms with Crippen LogP contribution in [-0.4, -0.2) is 33.1 Å². The molecule has 114 valence electrons. The maximum atomic E-state index is 12.0. The molecule has 0 aliphatic heterocycles. The summed E-state index contributed by atoms with van der Waals surface area (Å²) >= 11 is 0. The van der Waals surface area contributed by atoms with Crippen LogP contribution in [-0.2, 0) is 9.59 Å². The quantitative estimate of drug-likeness (QED) is 0.599. The molecule has 0 radical (unpaired) electrons. The number of nitrogens with zero attached hydrogens (tertiary/aromatic N) is 1. The van der Waals surface area contributed by atoms with Crippen LogP contribution in [0.1, 0.15) is 41.9 Å². The normalized spacial score (nSPS) is 21.6. The summed E-state index contributed by atoms with van der Waals surface area (Å²) in [6.07, 6.45) is 2.62. The summed E-state index contributed by atoms with van der Waals surface area (Å²) in [5.74, 6) is -3.29. The van der Waals surface area contributed by atoms with Crippen molar-refractivity contribution >= 4 is 17.8 Å². The van der Waals surface area contributed by atoms with Crippen LogP contribution < -0.4 is 10.9 Å². The Hall–Kier alpha value is -2.38. The third kappa shape index (κ3) is 3.59. The van der Waals surface area contributed by atoms with E-state index in [1.807, 2.05) is 0 Å². The van der Waals surface area contributed by atoms with E-state index in [2.05, 4.69) is 21.0 Å². The molecule has 1 aliphatic carbocycles. The molecule has 4 N–H and O–H groups in total. The topological polar surface area (TPSA) is 124 Å². The standard InChI is InChI=1S/C13H18N4O4/c1-7-6-10(15-14-7)12(19)17-16-11(18)8-4-2-3-5-9(8)13(20)21/h6,8-9H,2-5H2,1H3,(H,14,15)(H,16,18)(H,17,19)(H,20,21). The number of hydrogen-bond acceptors (Lipinski definition) is 4. The van der Waals surface area contributed by atoms with E-state index in [1.165, 1.54) is 0 Å². The van der Waals surface area contributed by atoms with E-state index in [9.17, 15) is 14.4 Å². The Balaban J connectivity index is 1.91. The van der Waals surface area contributed by atoms with Gasteiger partial charge in [0.25, 0.3) is 5.91 Å². The van der Waals surface area contributed by atoms with Crippen LogP contribution in [0.3, 0.4) is 0 Å². The van der Waals surface area contributed by atoms with Crippen LogP contribution in [0.2, 0.25) is 0 Å². The van der Waals surface area contributed by atoms with Crippen molar-refractivity contribution in [3.05, 3.63) is 17.5 Å².